The van der Waals surface area contributed by atoms with Gasteiger partial charge in [-0.05, 0) is 43.5 Å². The molecule has 0 saturated carbocycles. The minimum absolute atomic E-state index is 0.266. The molecule has 2 heteroatoms. The smallest absolute Gasteiger partial charge is 0.149 e. The van der Waals surface area contributed by atoms with E-state index in [-0.39, 0.29) is 5.82 Å². The van der Waals surface area contributed by atoms with Gasteiger partial charge in [-0.15, -0.1) is 0 Å². The molecule has 0 bridgehead atoms. The zero-order chi connectivity index (χ0) is 11.7. The summed E-state index contributed by atoms with van der Waals surface area (Å²) < 4.78 is 13.7. The second kappa shape index (κ2) is 4.05. The van der Waals surface area contributed by atoms with E-state index in [1.165, 1.54) is 11.8 Å². The Morgan fingerprint density at radius 1 is 1.06 bits per heavy atom. The van der Waals surface area contributed by atoms with Crippen molar-refractivity contribution in [3.05, 3.63) is 53.1 Å². The summed E-state index contributed by atoms with van der Waals surface area (Å²) in [7, 11) is 0. The van der Waals surface area contributed by atoms with Crippen LogP contribution in [0.3, 0.4) is 0 Å². The summed E-state index contributed by atoms with van der Waals surface area (Å²) >= 11 is 0. The molecule has 2 rings (SSSR count). The van der Waals surface area contributed by atoms with Crippen molar-refractivity contribution in [1.29, 1.82) is 0 Å². The number of nitrogens with zero attached hydrogens (tertiary/aromatic N) is 1. The summed E-state index contributed by atoms with van der Waals surface area (Å²) in [6.07, 6.45) is 2.88. The van der Waals surface area contributed by atoms with Gasteiger partial charge in [0.1, 0.15) is 5.82 Å². The molecule has 0 unspecified atom stereocenters. The van der Waals surface area contributed by atoms with Crippen LogP contribution in [0.25, 0.3) is 11.1 Å². The van der Waals surface area contributed by atoms with Gasteiger partial charge in [-0.25, -0.2) is 4.39 Å². The lowest BCUT2D eigenvalue weighted by Crippen LogP contribution is -1.93. The molecule has 1 aromatic heterocycles. The highest BCUT2D eigenvalue weighted by Crippen LogP contribution is 2.29. The molecule has 0 aliphatic heterocycles. The summed E-state index contributed by atoms with van der Waals surface area (Å²) in [5, 5.41) is 0. The molecular weight excluding hydrogens is 201 g/mol. The predicted octanol–water partition coefficient (Wildman–Crippen LogP) is 3.81. The van der Waals surface area contributed by atoms with Crippen LogP contribution < -0.4 is 0 Å². The molecule has 0 fully saturated rings. The predicted molar refractivity (Wildman–Crippen MR) is 63.8 cm³/mol. The van der Waals surface area contributed by atoms with Gasteiger partial charge in [-0.3, -0.25) is 4.98 Å². The number of aromatic nitrogens is 1. The average molecular weight is 215 g/mol. The van der Waals surface area contributed by atoms with Crippen LogP contribution in [0, 0.1) is 26.6 Å². The largest absolute Gasteiger partial charge is 0.262 e. The molecule has 0 aliphatic rings. The first-order chi connectivity index (χ1) is 7.59. The lowest BCUT2D eigenvalue weighted by atomic mass is 9.94. The molecule has 0 atom stereocenters. The van der Waals surface area contributed by atoms with E-state index in [1.54, 1.807) is 12.3 Å². The third kappa shape index (κ3) is 1.83. The van der Waals surface area contributed by atoms with Crippen LogP contribution in [-0.4, -0.2) is 4.98 Å². The number of rotatable bonds is 1. The van der Waals surface area contributed by atoms with Crippen molar-refractivity contribution in [1.82, 2.24) is 4.98 Å². The van der Waals surface area contributed by atoms with E-state index in [0.29, 0.717) is 5.56 Å². The van der Waals surface area contributed by atoms with Crippen molar-refractivity contribution in [2.75, 3.05) is 0 Å². The van der Waals surface area contributed by atoms with Crippen molar-refractivity contribution in [3.8, 4) is 11.1 Å². The molecule has 1 aromatic carbocycles. The molecule has 0 amide bonds. The molecular formula is C14H14FN. The van der Waals surface area contributed by atoms with Gasteiger partial charge in [0, 0.05) is 11.8 Å². The SMILES string of the molecule is Cc1cc(C)c(-c2ccncc2F)c(C)c1. The molecule has 1 heterocycles. The van der Waals surface area contributed by atoms with E-state index in [2.05, 4.69) is 17.1 Å². The van der Waals surface area contributed by atoms with Crippen molar-refractivity contribution in [3.63, 3.8) is 0 Å². The Labute approximate surface area is 95.0 Å². The van der Waals surface area contributed by atoms with Gasteiger partial charge in [0.25, 0.3) is 0 Å². The highest BCUT2D eigenvalue weighted by molar-refractivity contribution is 5.71. The van der Waals surface area contributed by atoms with Gasteiger partial charge in [-0.2, -0.15) is 0 Å². The Bertz CT molecular complexity index is 509. The van der Waals surface area contributed by atoms with Gasteiger partial charge in [-0.1, -0.05) is 17.7 Å². The lowest BCUT2D eigenvalue weighted by Gasteiger charge is -2.11. The maximum Gasteiger partial charge on any atom is 0.149 e. The molecule has 2 aromatic rings. The first-order valence-corrected chi connectivity index (χ1v) is 5.27. The molecule has 0 radical (unpaired) electrons. The minimum atomic E-state index is -0.266. The minimum Gasteiger partial charge on any atom is -0.262 e. The summed E-state index contributed by atoms with van der Waals surface area (Å²) in [4.78, 5) is 3.77. The van der Waals surface area contributed by atoms with Crippen LogP contribution in [0.5, 0.6) is 0 Å². The van der Waals surface area contributed by atoms with Crippen molar-refractivity contribution in [2.45, 2.75) is 20.8 Å². The second-order valence-corrected chi connectivity index (χ2v) is 4.13. The van der Waals surface area contributed by atoms with Crippen molar-refractivity contribution in [2.24, 2.45) is 0 Å². The molecule has 16 heavy (non-hydrogen) atoms. The van der Waals surface area contributed by atoms with Crippen molar-refractivity contribution < 1.29 is 4.39 Å². The van der Waals surface area contributed by atoms with Gasteiger partial charge < -0.3 is 0 Å². The van der Waals surface area contributed by atoms with Gasteiger partial charge in [0.2, 0.25) is 0 Å². The van der Waals surface area contributed by atoms with Crippen LogP contribution in [-0.2, 0) is 0 Å². The maximum atomic E-state index is 13.7. The average Bonchev–Trinajstić information content (AvgIpc) is 2.19. The summed E-state index contributed by atoms with van der Waals surface area (Å²) in [6, 6.07) is 5.87. The molecule has 0 N–H and O–H groups in total. The normalized spacial score (nSPS) is 10.5. The molecule has 0 spiro atoms. The fourth-order valence-electron chi connectivity index (χ4n) is 2.18. The molecule has 0 aliphatic carbocycles. The molecule has 1 nitrogen and oxygen atoms in total. The first kappa shape index (κ1) is 10.8. The third-order valence-corrected chi connectivity index (χ3v) is 2.72. The van der Waals surface area contributed by atoms with Crippen LogP contribution in [0.15, 0.2) is 30.6 Å². The summed E-state index contributed by atoms with van der Waals surface area (Å²) in [5.41, 5.74) is 5.01. The van der Waals surface area contributed by atoms with Crippen LogP contribution >= 0.6 is 0 Å². The van der Waals surface area contributed by atoms with Crippen LogP contribution in [0.2, 0.25) is 0 Å². The summed E-state index contributed by atoms with van der Waals surface area (Å²) in [5.74, 6) is -0.266. The van der Waals surface area contributed by atoms with Gasteiger partial charge >= 0.3 is 0 Å². The quantitative estimate of drug-likeness (QED) is 0.704. The van der Waals surface area contributed by atoms with Gasteiger partial charge in [0.05, 0.1) is 6.20 Å². The Morgan fingerprint density at radius 3 is 2.25 bits per heavy atom. The Balaban J connectivity index is 2.70. The van der Waals surface area contributed by atoms with E-state index in [9.17, 15) is 4.39 Å². The zero-order valence-electron chi connectivity index (χ0n) is 9.71. The van der Waals surface area contributed by atoms with E-state index in [4.69, 9.17) is 0 Å². The number of benzene rings is 1. The van der Waals surface area contributed by atoms with Crippen LogP contribution in [0.4, 0.5) is 4.39 Å². The maximum absolute atomic E-state index is 13.7. The number of hydrogen-bond acceptors (Lipinski definition) is 1. The number of hydrogen-bond donors (Lipinski definition) is 0. The monoisotopic (exact) mass is 215 g/mol. The van der Waals surface area contributed by atoms with Crippen LogP contribution in [0.1, 0.15) is 16.7 Å². The highest BCUT2D eigenvalue weighted by atomic mass is 19.1. The first-order valence-electron chi connectivity index (χ1n) is 5.27. The standard InChI is InChI=1S/C14H14FN/c1-9-6-10(2)14(11(3)7-9)12-4-5-16-8-13(12)15/h4-8H,1-3H3. The Hall–Kier alpha value is -1.70. The lowest BCUT2D eigenvalue weighted by molar-refractivity contribution is 0.624. The molecule has 82 valence electrons. The fourth-order valence-corrected chi connectivity index (χ4v) is 2.18. The Kier molecular flexibility index (Phi) is 2.73. The van der Waals surface area contributed by atoms with Crippen molar-refractivity contribution >= 4 is 0 Å². The second-order valence-electron chi connectivity index (χ2n) is 4.13. The van der Waals surface area contributed by atoms with E-state index in [0.717, 1.165) is 16.7 Å². The Morgan fingerprint density at radius 2 is 1.69 bits per heavy atom. The van der Waals surface area contributed by atoms with E-state index in [1.807, 2.05) is 20.8 Å². The number of halogens is 1. The fraction of sp³-hybridized carbons (Fsp3) is 0.214. The number of pyridine rings is 1. The summed E-state index contributed by atoms with van der Waals surface area (Å²) in [6.45, 7) is 6.07. The highest BCUT2D eigenvalue weighted by Gasteiger charge is 2.10. The van der Waals surface area contributed by atoms with E-state index >= 15 is 0 Å². The van der Waals surface area contributed by atoms with Gasteiger partial charge in [0.15, 0.2) is 0 Å². The third-order valence-electron chi connectivity index (χ3n) is 2.72. The topological polar surface area (TPSA) is 12.9 Å². The zero-order valence-corrected chi connectivity index (χ0v) is 9.71. The molecule has 0 saturated heterocycles. The van der Waals surface area contributed by atoms with E-state index < -0.39 is 0 Å². The number of aryl methyl sites for hydroxylation is 3.